The van der Waals surface area contributed by atoms with Crippen LogP contribution in [0.15, 0.2) is 23.1 Å². The van der Waals surface area contributed by atoms with E-state index >= 15 is 0 Å². The van der Waals surface area contributed by atoms with E-state index in [0.29, 0.717) is 0 Å². The first kappa shape index (κ1) is 15.4. The number of hydrogen-bond acceptors (Lipinski definition) is 6. The van der Waals surface area contributed by atoms with Crippen molar-refractivity contribution in [1.29, 1.82) is 0 Å². The van der Waals surface area contributed by atoms with Crippen LogP contribution in [-0.2, 0) is 14.3 Å². The number of benzene rings is 1. The molecule has 0 aliphatic rings. The number of nitrogens with two attached hydrogens (primary N) is 1. The van der Waals surface area contributed by atoms with E-state index < -0.39 is 15.0 Å². The number of nitrogen functional groups attached to an aromatic ring is 1. The summed E-state index contributed by atoms with van der Waals surface area (Å²) < 4.78 is 28.8. The molecule has 0 aliphatic carbocycles. The molecule has 8 heteroatoms. The predicted octanol–water partition coefficient (Wildman–Crippen LogP) is 1.93. The van der Waals surface area contributed by atoms with Crippen LogP contribution in [0.1, 0.15) is 20.8 Å². The molecule has 0 amide bonds. The number of nitro groups is 1. The highest BCUT2D eigenvalue weighted by molar-refractivity contribution is 7.87. The van der Waals surface area contributed by atoms with E-state index in [1.54, 1.807) is 20.8 Å². The van der Waals surface area contributed by atoms with Gasteiger partial charge in [-0.2, -0.15) is 8.42 Å². The van der Waals surface area contributed by atoms with Gasteiger partial charge in [0.25, 0.3) is 15.8 Å². The summed E-state index contributed by atoms with van der Waals surface area (Å²) >= 11 is 0. The first-order valence-electron chi connectivity index (χ1n) is 5.46. The van der Waals surface area contributed by atoms with E-state index in [2.05, 4.69) is 0 Å². The average molecular weight is 288 g/mol. The van der Waals surface area contributed by atoms with Gasteiger partial charge in [0.15, 0.2) is 0 Å². The molecule has 0 atom stereocenters. The molecule has 19 heavy (non-hydrogen) atoms. The third kappa shape index (κ3) is 4.18. The Morgan fingerprint density at radius 2 is 1.95 bits per heavy atom. The number of rotatable bonds is 4. The summed E-state index contributed by atoms with van der Waals surface area (Å²) in [5, 5.41) is 10.6. The molecule has 0 aliphatic heterocycles. The number of hydrogen-bond donors (Lipinski definition) is 1. The highest BCUT2D eigenvalue weighted by atomic mass is 32.2. The second-order valence-corrected chi connectivity index (χ2v) is 6.84. The first-order valence-corrected chi connectivity index (χ1v) is 6.87. The van der Waals surface area contributed by atoms with Gasteiger partial charge in [-0.25, -0.2) is 0 Å². The van der Waals surface area contributed by atoms with Gasteiger partial charge in [0, 0.05) is 12.1 Å². The molecular weight excluding hydrogens is 272 g/mol. The van der Waals surface area contributed by atoms with Gasteiger partial charge in [-0.1, -0.05) is 20.8 Å². The van der Waals surface area contributed by atoms with Crippen molar-refractivity contribution >= 4 is 21.5 Å². The van der Waals surface area contributed by atoms with Crippen molar-refractivity contribution in [1.82, 2.24) is 0 Å². The van der Waals surface area contributed by atoms with Crippen molar-refractivity contribution in [2.24, 2.45) is 5.41 Å². The quantitative estimate of drug-likeness (QED) is 0.392. The molecule has 1 rings (SSSR count). The van der Waals surface area contributed by atoms with Gasteiger partial charge in [-0.05, 0) is 11.5 Å². The smallest absolute Gasteiger partial charge is 0.299 e. The molecule has 0 radical (unpaired) electrons. The normalized spacial score (nSPS) is 12.4. The fourth-order valence-electron chi connectivity index (χ4n) is 1.17. The molecule has 0 heterocycles. The summed E-state index contributed by atoms with van der Waals surface area (Å²) in [4.78, 5) is 9.56. The van der Waals surface area contributed by atoms with E-state index in [0.717, 1.165) is 12.1 Å². The molecule has 2 N–H and O–H groups in total. The van der Waals surface area contributed by atoms with Crippen molar-refractivity contribution in [3.05, 3.63) is 28.3 Å². The maximum absolute atomic E-state index is 11.9. The zero-order chi connectivity index (χ0) is 14.8. The molecule has 1 aromatic rings. The van der Waals surface area contributed by atoms with Crippen molar-refractivity contribution in [2.75, 3.05) is 12.3 Å². The summed E-state index contributed by atoms with van der Waals surface area (Å²) in [7, 11) is -4.11. The number of anilines is 1. The maximum atomic E-state index is 11.9. The lowest BCUT2D eigenvalue weighted by atomic mass is 9.99. The maximum Gasteiger partial charge on any atom is 0.299 e. The van der Waals surface area contributed by atoms with E-state index in [4.69, 9.17) is 9.92 Å². The molecule has 0 spiro atoms. The third-order valence-electron chi connectivity index (χ3n) is 2.12. The van der Waals surface area contributed by atoms with Crippen molar-refractivity contribution in [2.45, 2.75) is 25.7 Å². The molecular formula is C11H16N2O5S. The standard InChI is InChI=1S/C11H16N2O5S/c1-11(2,3)7-18-19(16,17)10-6-8(13(14)15)4-5-9(10)12/h4-6H,7,12H2,1-3H3. The van der Waals surface area contributed by atoms with Crippen LogP contribution in [0.3, 0.4) is 0 Å². The van der Waals surface area contributed by atoms with Gasteiger partial charge in [0.05, 0.1) is 17.2 Å². The third-order valence-corrected chi connectivity index (χ3v) is 3.44. The van der Waals surface area contributed by atoms with Gasteiger partial charge in [0.2, 0.25) is 0 Å². The van der Waals surface area contributed by atoms with Crippen LogP contribution in [0.2, 0.25) is 0 Å². The SMILES string of the molecule is CC(C)(C)COS(=O)(=O)c1cc([N+](=O)[O-])ccc1N. The molecule has 7 nitrogen and oxygen atoms in total. The van der Waals surface area contributed by atoms with Crippen molar-refractivity contribution in [3.63, 3.8) is 0 Å². The van der Waals surface area contributed by atoms with E-state index in [-0.39, 0.29) is 28.3 Å². The van der Waals surface area contributed by atoms with Crippen LogP contribution in [-0.4, -0.2) is 19.9 Å². The largest absolute Gasteiger partial charge is 0.398 e. The summed E-state index contributed by atoms with van der Waals surface area (Å²) in [5.74, 6) is 0. The summed E-state index contributed by atoms with van der Waals surface area (Å²) in [5.41, 5.74) is 4.74. The Labute approximate surface area is 111 Å². The van der Waals surface area contributed by atoms with Crippen LogP contribution in [0.25, 0.3) is 0 Å². The Morgan fingerprint density at radius 1 is 1.37 bits per heavy atom. The van der Waals surface area contributed by atoms with Crippen LogP contribution < -0.4 is 5.73 Å². The number of nitro benzene ring substituents is 1. The monoisotopic (exact) mass is 288 g/mol. The molecule has 0 unspecified atom stereocenters. The lowest BCUT2D eigenvalue weighted by molar-refractivity contribution is -0.385. The summed E-state index contributed by atoms with van der Waals surface area (Å²) in [6.45, 7) is 5.37. The zero-order valence-corrected chi connectivity index (χ0v) is 11.7. The van der Waals surface area contributed by atoms with Gasteiger partial charge in [-0.3, -0.25) is 14.3 Å². The predicted molar refractivity (Wildman–Crippen MR) is 70.1 cm³/mol. The number of nitrogens with zero attached hydrogens (tertiary/aromatic N) is 1. The summed E-state index contributed by atoms with van der Waals surface area (Å²) in [6.07, 6.45) is 0. The first-order chi connectivity index (χ1) is 8.53. The highest BCUT2D eigenvalue weighted by Crippen LogP contribution is 2.27. The van der Waals surface area contributed by atoms with Crippen molar-refractivity contribution in [3.8, 4) is 0 Å². The van der Waals surface area contributed by atoms with E-state index in [9.17, 15) is 18.5 Å². The van der Waals surface area contributed by atoms with E-state index in [1.165, 1.54) is 6.07 Å². The second-order valence-electron chi connectivity index (χ2n) is 5.26. The Hall–Kier alpha value is -1.67. The zero-order valence-electron chi connectivity index (χ0n) is 10.9. The lowest BCUT2D eigenvalue weighted by Crippen LogP contribution is -2.19. The van der Waals surface area contributed by atoms with Crippen molar-refractivity contribution < 1.29 is 17.5 Å². The van der Waals surface area contributed by atoms with Gasteiger partial charge < -0.3 is 5.73 Å². The Morgan fingerprint density at radius 3 is 2.42 bits per heavy atom. The fourth-order valence-corrected chi connectivity index (χ4v) is 2.43. The molecule has 0 aromatic heterocycles. The van der Waals surface area contributed by atoms with Crippen LogP contribution in [0, 0.1) is 15.5 Å². The topological polar surface area (TPSA) is 113 Å². The van der Waals surface area contributed by atoms with E-state index in [1.807, 2.05) is 0 Å². The minimum absolute atomic E-state index is 0.0442. The van der Waals surface area contributed by atoms with Crippen LogP contribution in [0.4, 0.5) is 11.4 Å². The number of non-ortho nitro benzene ring substituents is 1. The Balaban J connectivity index is 3.14. The fraction of sp³-hybridized carbons (Fsp3) is 0.455. The minimum Gasteiger partial charge on any atom is -0.398 e. The molecule has 1 aromatic carbocycles. The van der Waals surface area contributed by atoms with Crippen LogP contribution in [0.5, 0.6) is 0 Å². The molecule has 0 fully saturated rings. The Bertz CT molecular complexity index is 590. The average Bonchev–Trinajstić information content (AvgIpc) is 2.25. The molecule has 106 valence electrons. The van der Waals surface area contributed by atoms with Gasteiger partial charge >= 0.3 is 0 Å². The van der Waals surface area contributed by atoms with Gasteiger partial charge in [-0.15, -0.1) is 0 Å². The molecule has 0 saturated carbocycles. The lowest BCUT2D eigenvalue weighted by Gasteiger charge is -2.18. The summed E-state index contributed by atoms with van der Waals surface area (Å²) in [6, 6.07) is 3.21. The molecule has 0 saturated heterocycles. The Kier molecular flexibility index (Phi) is 4.16. The minimum atomic E-state index is -4.11. The molecule has 0 bridgehead atoms. The van der Waals surface area contributed by atoms with Crippen LogP contribution >= 0.6 is 0 Å². The van der Waals surface area contributed by atoms with Gasteiger partial charge in [0.1, 0.15) is 4.90 Å². The highest BCUT2D eigenvalue weighted by Gasteiger charge is 2.24. The second kappa shape index (κ2) is 5.14.